The van der Waals surface area contributed by atoms with Crippen molar-refractivity contribution in [3.63, 3.8) is 0 Å². The summed E-state index contributed by atoms with van der Waals surface area (Å²) in [6, 6.07) is 6.74. The van der Waals surface area contributed by atoms with E-state index in [1.165, 1.54) is 4.68 Å². The predicted molar refractivity (Wildman–Crippen MR) is 61.4 cm³/mol. The Morgan fingerprint density at radius 3 is 2.94 bits per heavy atom. The summed E-state index contributed by atoms with van der Waals surface area (Å²) in [6.07, 6.45) is 0.616. The lowest BCUT2D eigenvalue weighted by Crippen LogP contribution is -2.19. The van der Waals surface area contributed by atoms with Gasteiger partial charge in [-0.25, -0.2) is 4.68 Å². The summed E-state index contributed by atoms with van der Waals surface area (Å²) < 4.78 is 6.65. The van der Waals surface area contributed by atoms with Crippen molar-refractivity contribution in [2.75, 3.05) is 6.61 Å². The third kappa shape index (κ3) is 1.55. The second kappa shape index (κ2) is 3.78. The van der Waals surface area contributed by atoms with Crippen LogP contribution in [0.1, 0.15) is 11.3 Å². The molecule has 0 atom stereocenters. The smallest absolute Gasteiger partial charge is 0.274 e. The van der Waals surface area contributed by atoms with Gasteiger partial charge in [-0.05, 0) is 12.1 Å². The Kier molecular flexibility index (Phi) is 2.26. The van der Waals surface area contributed by atoms with E-state index in [-0.39, 0.29) is 11.3 Å². The van der Waals surface area contributed by atoms with Gasteiger partial charge in [0.15, 0.2) is 0 Å². The fraction of sp³-hybridized carbons (Fsp3) is 0.250. The molecule has 1 aromatic carbocycles. The Labute approximate surface area is 97.3 Å². The lowest BCUT2D eigenvalue weighted by Gasteiger charge is -2.09. The maximum absolute atomic E-state index is 12.1. The molecule has 0 aliphatic carbocycles. The number of phenols is 1. The molecule has 2 heterocycles. The van der Waals surface area contributed by atoms with Crippen molar-refractivity contribution in [2.45, 2.75) is 13.0 Å². The fourth-order valence-electron chi connectivity index (χ4n) is 2.07. The summed E-state index contributed by atoms with van der Waals surface area (Å²) in [6.45, 7) is 0.992. The highest BCUT2D eigenvalue weighted by molar-refractivity contribution is 5.45. The standard InChI is InChI=1S/C12H12N2O3/c15-11-4-2-1-3-10(11)14-12(16)8-5-6-17-7-9(8)13-14/h1-4,13,15H,5-7H2. The minimum Gasteiger partial charge on any atom is -0.506 e. The quantitative estimate of drug-likeness (QED) is 0.769. The summed E-state index contributed by atoms with van der Waals surface area (Å²) in [7, 11) is 0. The summed E-state index contributed by atoms with van der Waals surface area (Å²) in [5.74, 6) is 0.0779. The Balaban J connectivity index is 2.20. The molecule has 88 valence electrons. The molecule has 0 saturated carbocycles. The number of hydrogen-bond donors (Lipinski definition) is 2. The van der Waals surface area contributed by atoms with E-state index in [0.717, 1.165) is 11.3 Å². The number of hydrogen-bond acceptors (Lipinski definition) is 3. The van der Waals surface area contributed by atoms with Crippen LogP contribution < -0.4 is 5.56 Å². The second-order valence-electron chi connectivity index (χ2n) is 4.00. The molecule has 1 aromatic heterocycles. The van der Waals surface area contributed by atoms with E-state index in [2.05, 4.69) is 5.10 Å². The summed E-state index contributed by atoms with van der Waals surface area (Å²) in [4.78, 5) is 12.1. The largest absolute Gasteiger partial charge is 0.506 e. The molecule has 5 nitrogen and oxygen atoms in total. The topological polar surface area (TPSA) is 67.2 Å². The molecule has 2 N–H and O–H groups in total. The van der Waals surface area contributed by atoms with Gasteiger partial charge in [-0.15, -0.1) is 0 Å². The molecule has 0 fully saturated rings. The number of benzene rings is 1. The SMILES string of the molecule is O=c1c2c([nH]n1-c1ccccc1O)COCC2. The second-order valence-corrected chi connectivity index (χ2v) is 4.00. The first-order chi connectivity index (χ1) is 8.27. The van der Waals surface area contributed by atoms with Crippen LogP contribution in [-0.2, 0) is 17.8 Å². The highest BCUT2D eigenvalue weighted by atomic mass is 16.5. The van der Waals surface area contributed by atoms with Crippen molar-refractivity contribution in [3.8, 4) is 11.4 Å². The Bertz CT molecular complexity index is 612. The number of H-pyrrole nitrogens is 1. The van der Waals surface area contributed by atoms with Crippen LogP contribution >= 0.6 is 0 Å². The molecule has 0 radical (unpaired) electrons. The van der Waals surface area contributed by atoms with Crippen LogP contribution in [0.15, 0.2) is 29.1 Å². The van der Waals surface area contributed by atoms with Gasteiger partial charge in [-0.2, -0.15) is 0 Å². The van der Waals surface area contributed by atoms with Gasteiger partial charge in [-0.1, -0.05) is 12.1 Å². The van der Waals surface area contributed by atoms with E-state index in [9.17, 15) is 9.90 Å². The third-order valence-electron chi connectivity index (χ3n) is 2.94. The lowest BCUT2D eigenvalue weighted by molar-refractivity contribution is 0.108. The molecule has 17 heavy (non-hydrogen) atoms. The molecular formula is C12H12N2O3. The zero-order valence-electron chi connectivity index (χ0n) is 9.14. The first-order valence-corrected chi connectivity index (χ1v) is 5.46. The van der Waals surface area contributed by atoms with Crippen LogP contribution in [0.2, 0.25) is 0 Å². The fourth-order valence-corrected chi connectivity index (χ4v) is 2.07. The molecule has 2 aromatic rings. The summed E-state index contributed by atoms with van der Waals surface area (Å²) >= 11 is 0. The van der Waals surface area contributed by atoms with Gasteiger partial charge < -0.3 is 9.84 Å². The van der Waals surface area contributed by atoms with E-state index in [4.69, 9.17) is 4.74 Å². The zero-order valence-corrected chi connectivity index (χ0v) is 9.14. The molecule has 1 aliphatic heterocycles. The van der Waals surface area contributed by atoms with Crippen LogP contribution in [0.3, 0.4) is 0 Å². The van der Waals surface area contributed by atoms with Crippen molar-refractivity contribution in [1.82, 2.24) is 9.78 Å². The van der Waals surface area contributed by atoms with Gasteiger partial charge in [-0.3, -0.25) is 9.89 Å². The molecule has 3 rings (SSSR count). The van der Waals surface area contributed by atoms with Crippen molar-refractivity contribution in [2.24, 2.45) is 0 Å². The molecular weight excluding hydrogens is 220 g/mol. The number of aromatic amines is 1. The van der Waals surface area contributed by atoms with Crippen LogP contribution in [0, 0.1) is 0 Å². The summed E-state index contributed by atoms with van der Waals surface area (Å²) in [5.41, 5.74) is 1.90. The van der Waals surface area contributed by atoms with Crippen LogP contribution in [-0.4, -0.2) is 21.5 Å². The van der Waals surface area contributed by atoms with Crippen LogP contribution in [0.5, 0.6) is 5.75 Å². The molecule has 0 bridgehead atoms. The minimum absolute atomic E-state index is 0.0779. The number of aromatic hydroxyl groups is 1. The maximum atomic E-state index is 12.1. The van der Waals surface area contributed by atoms with E-state index in [1.807, 2.05) is 0 Å². The summed E-state index contributed by atoms with van der Waals surface area (Å²) in [5, 5.41) is 12.7. The maximum Gasteiger partial charge on any atom is 0.274 e. The average molecular weight is 232 g/mol. The van der Waals surface area contributed by atoms with Gasteiger partial charge in [0.1, 0.15) is 11.4 Å². The molecule has 0 unspecified atom stereocenters. The van der Waals surface area contributed by atoms with Crippen molar-refractivity contribution in [3.05, 3.63) is 45.9 Å². The van der Waals surface area contributed by atoms with E-state index in [1.54, 1.807) is 24.3 Å². The predicted octanol–water partition coefficient (Wildman–Crippen LogP) is 0.944. The molecule has 5 heteroatoms. The van der Waals surface area contributed by atoms with Crippen molar-refractivity contribution < 1.29 is 9.84 Å². The first-order valence-electron chi connectivity index (χ1n) is 5.46. The molecule has 1 aliphatic rings. The van der Waals surface area contributed by atoms with Gasteiger partial charge in [0, 0.05) is 12.0 Å². The highest BCUT2D eigenvalue weighted by Crippen LogP contribution is 2.20. The third-order valence-corrected chi connectivity index (χ3v) is 2.94. The zero-order chi connectivity index (χ0) is 11.8. The minimum atomic E-state index is -0.107. The van der Waals surface area contributed by atoms with Gasteiger partial charge in [0.05, 0.1) is 18.9 Å². The highest BCUT2D eigenvalue weighted by Gasteiger charge is 2.19. The Hall–Kier alpha value is -2.01. The van der Waals surface area contributed by atoms with Gasteiger partial charge in [0.2, 0.25) is 0 Å². The average Bonchev–Trinajstić information content (AvgIpc) is 2.68. The normalized spacial score (nSPS) is 14.6. The number of nitrogens with zero attached hydrogens (tertiary/aromatic N) is 1. The number of phenolic OH excluding ortho intramolecular Hbond substituents is 1. The molecule has 0 spiro atoms. The monoisotopic (exact) mass is 232 g/mol. The first kappa shape index (κ1) is 10.2. The number of rotatable bonds is 1. The number of aromatic nitrogens is 2. The molecule has 0 saturated heterocycles. The van der Waals surface area contributed by atoms with E-state index >= 15 is 0 Å². The number of nitrogens with one attached hydrogen (secondary N) is 1. The number of fused-ring (bicyclic) bond motifs is 1. The molecule has 0 amide bonds. The van der Waals surface area contributed by atoms with Crippen LogP contribution in [0.25, 0.3) is 5.69 Å². The van der Waals surface area contributed by atoms with Gasteiger partial charge >= 0.3 is 0 Å². The van der Waals surface area contributed by atoms with Gasteiger partial charge in [0.25, 0.3) is 5.56 Å². The number of para-hydroxylation sites is 2. The van der Waals surface area contributed by atoms with Crippen molar-refractivity contribution in [1.29, 1.82) is 0 Å². The Morgan fingerprint density at radius 2 is 2.18 bits per heavy atom. The van der Waals surface area contributed by atoms with Crippen molar-refractivity contribution >= 4 is 0 Å². The number of ether oxygens (including phenoxy) is 1. The lowest BCUT2D eigenvalue weighted by atomic mass is 10.1. The Morgan fingerprint density at radius 1 is 1.35 bits per heavy atom. The van der Waals surface area contributed by atoms with E-state index in [0.29, 0.717) is 25.3 Å². The van der Waals surface area contributed by atoms with Crippen LogP contribution in [0.4, 0.5) is 0 Å². The van der Waals surface area contributed by atoms with E-state index < -0.39 is 0 Å².